The average molecular weight is 314 g/mol. The number of pyridine rings is 1. The molecule has 1 unspecified atom stereocenters. The summed E-state index contributed by atoms with van der Waals surface area (Å²) < 4.78 is 1.83. The Hall–Kier alpha value is -2.28. The van der Waals surface area contributed by atoms with E-state index in [1.807, 2.05) is 34.0 Å². The maximum atomic E-state index is 12.5. The summed E-state index contributed by atoms with van der Waals surface area (Å²) in [5.41, 5.74) is 7.17. The first-order chi connectivity index (χ1) is 11.2. The smallest absolute Gasteiger partial charge is 0.228 e. The second-order valence-electron chi connectivity index (χ2n) is 5.98. The van der Waals surface area contributed by atoms with Gasteiger partial charge in [-0.15, -0.1) is 5.10 Å². The van der Waals surface area contributed by atoms with E-state index in [0.29, 0.717) is 18.9 Å². The van der Waals surface area contributed by atoms with Gasteiger partial charge in [-0.3, -0.25) is 14.5 Å². The van der Waals surface area contributed by atoms with E-state index < -0.39 is 0 Å². The first-order valence-electron chi connectivity index (χ1n) is 8.01. The van der Waals surface area contributed by atoms with Crippen molar-refractivity contribution in [3.05, 3.63) is 42.0 Å². The second-order valence-corrected chi connectivity index (χ2v) is 5.98. The Bertz CT molecular complexity index is 641. The zero-order valence-corrected chi connectivity index (χ0v) is 13.1. The minimum atomic E-state index is 0.148. The van der Waals surface area contributed by atoms with Crippen LogP contribution >= 0.6 is 0 Å². The van der Waals surface area contributed by atoms with Crippen LogP contribution in [-0.2, 0) is 24.3 Å². The van der Waals surface area contributed by atoms with Gasteiger partial charge in [-0.2, -0.15) is 0 Å². The molecule has 0 aliphatic carbocycles. The van der Waals surface area contributed by atoms with Crippen LogP contribution in [0.2, 0.25) is 0 Å². The molecule has 1 aliphatic rings. The molecular formula is C16H22N6O. The highest BCUT2D eigenvalue weighted by Crippen LogP contribution is 2.19. The van der Waals surface area contributed by atoms with E-state index in [1.165, 1.54) is 0 Å². The van der Waals surface area contributed by atoms with Crippen molar-refractivity contribution in [2.45, 2.75) is 32.4 Å². The molecule has 1 atom stereocenters. The van der Waals surface area contributed by atoms with E-state index in [4.69, 9.17) is 5.73 Å². The molecule has 1 saturated heterocycles. The molecule has 7 heteroatoms. The summed E-state index contributed by atoms with van der Waals surface area (Å²) in [6.45, 7) is 2.77. The Kier molecular flexibility index (Phi) is 4.97. The molecule has 3 heterocycles. The van der Waals surface area contributed by atoms with Crippen molar-refractivity contribution in [3.8, 4) is 0 Å². The molecule has 7 nitrogen and oxygen atoms in total. The summed E-state index contributed by atoms with van der Waals surface area (Å²) in [6, 6.07) is 5.66. The van der Waals surface area contributed by atoms with Crippen molar-refractivity contribution in [2.24, 2.45) is 11.7 Å². The van der Waals surface area contributed by atoms with Gasteiger partial charge in [0.15, 0.2) is 0 Å². The molecule has 23 heavy (non-hydrogen) atoms. The zero-order valence-electron chi connectivity index (χ0n) is 13.1. The molecule has 122 valence electrons. The fraction of sp³-hybridized carbons (Fsp3) is 0.500. The summed E-state index contributed by atoms with van der Waals surface area (Å²) in [4.78, 5) is 18.6. The van der Waals surface area contributed by atoms with Gasteiger partial charge in [0, 0.05) is 44.3 Å². The van der Waals surface area contributed by atoms with Crippen LogP contribution in [0.25, 0.3) is 0 Å². The van der Waals surface area contributed by atoms with Gasteiger partial charge in [0.2, 0.25) is 5.91 Å². The first kappa shape index (κ1) is 15.6. The van der Waals surface area contributed by atoms with Gasteiger partial charge in [-0.25, -0.2) is 0 Å². The molecule has 1 aliphatic heterocycles. The van der Waals surface area contributed by atoms with Crippen molar-refractivity contribution in [1.82, 2.24) is 24.9 Å². The van der Waals surface area contributed by atoms with Crippen molar-refractivity contribution in [3.63, 3.8) is 0 Å². The molecule has 0 bridgehead atoms. The Morgan fingerprint density at radius 2 is 2.26 bits per heavy atom. The lowest BCUT2D eigenvalue weighted by Gasteiger charge is -2.32. The minimum absolute atomic E-state index is 0.148. The fourth-order valence-electron chi connectivity index (χ4n) is 3.00. The Labute approximate surface area is 135 Å². The summed E-state index contributed by atoms with van der Waals surface area (Å²) in [5.74, 6) is 0.554. The third-order valence-electron chi connectivity index (χ3n) is 4.17. The molecule has 2 N–H and O–H groups in total. The lowest BCUT2D eigenvalue weighted by atomic mass is 9.97. The number of hydrogen-bond acceptors (Lipinski definition) is 5. The fourth-order valence-corrected chi connectivity index (χ4v) is 3.00. The predicted octanol–water partition coefficient (Wildman–Crippen LogP) is 0.613. The van der Waals surface area contributed by atoms with E-state index in [-0.39, 0.29) is 5.91 Å². The van der Waals surface area contributed by atoms with E-state index in [0.717, 1.165) is 43.9 Å². The van der Waals surface area contributed by atoms with Crippen LogP contribution in [0, 0.1) is 5.92 Å². The standard InChI is InChI=1S/C16H22N6O/c17-9-15-12-22(20-19-15)11-13-4-3-7-21(10-13)16(23)8-14-5-1-2-6-18-14/h1-2,5-6,12-13H,3-4,7-11,17H2. The van der Waals surface area contributed by atoms with Crippen molar-refractivity contribution < 1.29 is 4.79 Å². The quantitative estimate of drug-likeness (QED) is 0.873. The summed E-state index contributed by atoms with van der Waals surface area (Å²) >= 11 is 0. The lowest BCUT2D eigenvalue weighted by Crippen LogP contribution is -2.42. The SMILES string of the molecule is NCc1cn(CC2CCCN(C(=O)Cc3ccccn3)C2)nn1. The van der Waals surface area contributed by atoms with Gasteiger partial charge in [0.05, 0.1) is 12.1 Å². The maximum absolute atomic E-state index is 12.5. The third-order valence-corrected chi connectivity index (χ3v) is 4.17. The molecule has 0 aromatic carbocycles. The van der Waals surface area contributed by atoms with Gasteiger partial charge in [-0.1, -0.05) is 11.3 Å². The van der Waals surface area contributed by atoms with E-state index in [9.17, 15) is 4.79 Å². The van der Waals surface area contributed by atoms with Crippen LogP contribution in [-0.4, -0.2) is 43.9 Å². The number of nitrogens with zero attached hydrogens (tertiary/aromatic N) is 5. The molecule has 1 amide bonds. The van der Waals surface area contributed by atoms with Crippen molar-refractivity contribution >= 4 is 5.91 Å². The number of likely N-dealkylation sites (tertiary alicyclic amines) is 1. The Balaban J connectivity index is 1.56. The molecule has 2 aromatic heterocycles. The number of nitrogens with two attached hydrogens (primary N) is 1. The van der Waals surface area contributed by atoms with E-state index >= 15 is 0 Å². The normalized spacial score (nSPS) is 18.1. The molecule has 2 aromatic rings. The van der Waals surface area contributed by atoms with Crippen LogP contribution in [0.3, 0.4) is 0 Å². The second kappa shape index (κ2) is 7.32. The van der Waals surface area contributed by atoms with Crippen LogP contribution in [0.4, 0.5) is 0 Å². The number of amides is 1. The van der Waals surface area contributed by atoms with Crippen LogP contribution in [0.15, 0.2) is 30.6 Å². The number of carbonyl (C=O) groups is 1. The van der Waals surface area contributed by atoms with Crippen LogP contribution in [0.5, 0.6) is 0 Å². The third kappa shape index (κ3) is 4.13. The number of piperidine rings is 1. The predicted molar refractivity (Wildman–Crippen MR) is 85.2 cm³/mol. The van der Waals surface area contributed by atoms with E-state index in [2.05, 4.69) is 15.3 Å². The Morgan fingerprint density at radius 3 is 3.00 bits per heavy atom. The largest absolute Gasteiger partial charge is 0.342 e. The van der Waals surface area contributed by atoms with Crippen molar-refractivity contribution in [1.29, 1.82) is 0 Å². The molecule has 0 radical (unpaired) electrons. The molecule has 0 saturated carbocycles. The van der Waals surface area contributed by atoms with Gasteiger partial charge in [0.1, 0.15) is 0 Å². The number of aromatic nitrogens is 4. The molecule has 0 spiro atoms. The monoisotopic (exact) mass is 314 g/mol. The summed E-state index contributed by atoms with van der Waals surface area (Å²) in [5, 5.41) is 8.10. The van der Waals surface area contributed by atoms with Gasteiger partial charge < -0.3 is 10.6 Å². The summed E-state index contributed by atoms with van der Waals surface area (Å²) in [7, 11) is 0. The van der Waals surface area contributed by atoms with E-state index in [1.54, 1.807) is 6.20 Å². The number of carbonyl (C=O) groups excluding carboxylic acids is 1. The highest BCUT2D eigenvalue weighted by atomic mass is 16.2. The minimum Gasteiger partial charge on any atom is -0.342 e. The lowest BCUT2D eigenvalue weighted by molar-refractivity contribution is -0.132. The molecule has 3 rings (SSSR count). The topological polar surface area (TPSA) is 89.9 Å². The zero-order chi connectivity index (χ0) is 16.1. The van der Waals surface area contributed by atoms with Gasteiger partial charge in [0.25, 0.3) is 0 Å². The number of rotatable bonds is 5. The molecule has 1 fully saturated rings. The maximum Gasteiger partial charge on any atom is 0.228 e. The van der Waals surface area contributed by atoms with Gasteiger partial charge >= 0.3 is 0 Å². The highest BCUT2D eigenvalue weighted by Gasteiger charge is 2.24. The highest BCUT2D eigenvalue weighted by molar-refractivity contribution is 5.78. The molecular weight excluding hydrogens is 292 g/mol. The van der Waals surface area contributed by atoms with Crippen LogP contribution in [0.1, 0.15) is 24.2 Å². The number of hydrogen-bond donors (Lipinski definition) is 1. The summed E-state index contributed by atoms with van der Waals surface area (Å²) in [6.07, 6.45) is 6.10. The van der Waals surface area contributed by atoms with Gasteiger partial charge in [-0.05, 0) is 30.9 Å². The average Bonchev–Trinajstić information content (AvgIpc) is 3.03. The first-order valence-corrected chi connectivity index (χ1v) is 8.01. The Morgan fingerprint density at radius 1 is 1.35 bits per heavy atom. The van der Waals surface area contributed by atoms with Crippen molar-refractivity contribution in [2.75, 3.05) is 13.1 Å². The van der Waals surface area contributed by atoms with Crippen LogP contribution < -0.4 is 5.73 Å².